The van der Waals surface area contributed by atoms with Gasteiger partial charge in [0, 0.05) is 21.2 Å². The average molecular weight is 690 g/mol. The second kappa shape index (κ2) is 13.8. The van der Waals surface area contributed by atoms with E-state index in [2.05, 4.69) is 22.8 Å². The van der Waals surface area contributed by atoms with Gasteiger partial charge in [0.15, 0.2) is 0 Å². The van der Waals surface area contributed by atoms with E-state index < -0.39 is 23.5 Å². The molecule has 2 heterocycles. The fourth-order valence-electron chi connectivity index (χ4n) is 6.25. The zero-order chi connectivity index (χ0) is 34.1. The molecular formula is C38H38Cl2N2O6. The van der Waals surface area contributed by atoms with E-state index in [1.54, 1.807) is 48.5 Å². The summed E-state index contributed by atoms with van der Waals surface area (Å²) >= 11 is 12.6. The van der Waals surface area contributed by atoms with Gasteiger partial charge in [-0.05, 0) is 136 Å². The van der Waals surface area contributed by atoms with Crippen molar-refractivity contribution in [2.45, 2.75) is 52.1 Å². The molecule has 2 aliphatic heterocycles. The van der Waals surface area contributed by atoms with Gasteiger partial charge in [0.1, 0.15) is 11.5 Å². The lowest BCUT2D eigenvalue weighted by Gasteiger charge is -2.36. The summed E-state index contributed by atoms with van der Waals surface area (Å²) in [5.41, 5.74) is 7.26. The van der Waals surface area contributed by atoms with Crippen LogP contribution in [0.3, 0.4) is 0 Å². The lowest BCUT2D eigenvalue weighted by molar-refractivity contribution is -0.226. The molecule has 0 aliphatic carbocycles. The third kappa shape index (κ3) is 7.03. The number of esters is 2. The van der Waals surface area contributed by atoms with Gasteiger partial charge in [-0.15, -0.1) is 0 Å². The van der Waals surface area contributed by atoms with E-state index in [4.69, 9.17) is 42.1 Å². The molecule has 6 rings (SSSR count). The van der Waals surface area contributed by atoms with Crippen molar-refractivity contribution >= 4 is 35.1 Å². The maximum atomic E-state index is 14.1. The Labute approximate surface area is 290 Å². The molecule has 4 aromatic rings. The molecular weight excluding hydrogens is 651 g/mol. The first-order valence-electron chi connectivity index (χ1n) is 15.9. The van der Waals surface area contributed by atoms with Crippen LogP contribution in [0.1, 0.15) is 44.5 Å². The Morgan fingerprint density at radius 3 is 1.40 bits per heavy atom. The molecule has 8 nitrogen and oxygen atoms in total. The van der Waals surface area contributed by atoms with Gasteiger partial charge in [0.2, 0.25) is 0 Å². The highest BCUT2D eigenvalue weighted by Crippen LogP contribution is 2.38. The van der Waals surface area contributed by atoms with Gasteiger partial charge in [-0.25, -0.2) is 9.59 Å². The first-order chi connectivity index (χ1) is 23.0. The summed E-state index contributed by atoms with van der Waals surface area (Å²) in [4.78, 5) is 28.1. The van der Waals surface area contributed by atoms with Crippen molar-refractivity contribution in [2.75, 3.05) is 26.2 Å². The Balaban J connectivity index is 1.41. The topological polar surface area (TPSA) is 95.1 Å². The summed E-state index contributed by atoms with van der Waals surface area (Å²) in [5, 5.41) is 7.55. The number of nitrogens with one attached hydrogen (secondary N) is 2. The largest absolute Gasteiger partial charge is 0.447 e. The third-order valence-electron chi connectivity index (χ3n) is 8.96. The van der Waals surface area contributed by atoms with Crippen LogP contribution in [0.2, 0.25) is 10.0 Å². The fourth-order valence-corrected chi connectivity index (χ4v) is 6.61. The lowest BCUT2D eigenvalue weighted by atomic mass is 9.93. The SMILES string of the molecule is Cc1cc2c(cc1C)C(OC(=O)C(=O)OC1(Oc3cccc(Cl)c3)CNCCc3cc(C)c(C)cc31)(Oc1cccc(Cl)c1)CNCC2. The van der Waals surface area contributed by atoms with Crippen molar-refractivity contribution in [3.63, 3.8) is 0 Å². The normalized spacial score (nSPS) is 20.4. The van der Waals surface area contributed by atoms with Crippen LogP contribution in [-0.4, -0.2) is 38.1 Å². The van der Waals surface area contributed by atoms with Gasteiger partial charge in [-0.2, -0.15) is 0 Å². The third-order valence-corrected chi connectivity index (χ3v) is 9.43. The first-order valence-corrected chi connectivity index (χ1v) is 16.7. The standard InChI is InChI=1S/C38H38Cl2N2O6/c1-23-15-27-11-13-41-21-37(33(27)17-25(23)3,45-31-9-5-7-29(39)19-31)47-35(43)36(44)48-38(46-32-10-6-8-30(40)20-32)22-42-14-12-28-16-24(2)26(4)18-34(28)38/h5-10,15-20,41-42H,11-14,21-22H2,1-4H3. The maximum Gasteiger partial charge on any atom is 0.421 e. The molecule has 10 heteroatoms. The molecule has 2 unspecified atom stereocenters. The number of benzene rings is 4. The molecule has 0 amide bonds. The Kier molecular flexibility index (Phi) is 9.72. The minimum absolute atomic E-state index is 0.0705. The summed E-state index contributed by atoms with van der Waals surface area (Å²) in [6.07, 6.45) is 1.33. The van der Waals surface area contributed by atoms with Gasteiger partial charge < -0.3 is 29.6 Å². The lowest BCUT2D eigenvalue weighted by Crippen LogP contribution is -2.50. The molecule has 0 bridgehead atoms. The van der Waals surface area contributed by atoms with Crippen LogP contribution < -0.4 is 20.1 Å². The highest BCUT2D eigenvalue weighted by molar-refractivity contribution is 6.31. The molecule has 48 heavy (non-hydrogen) atoms. The molecule has 2 N–H and O–H groups in total. The van der Waals surface area contributed by atoms with Gasteiger partial charge in [0.05, 0.1) is 13.1 Å². The fraction of sp³-hybridized carbons (Fsp3) is 0.316. The van der Waals surface area contributed by atoms with Crippen LogP contribution in [-0.2, 0) is 43.5 Å². The predicted octanol–water partition coefficient (Wildman–Crippen LogP) is 6.77. The smallest absolute Gasteiger partial charge is 0.421 e. The maximum absolute atomic E-state index is 14.1. The first kappa shape index (κ1) is 33.8. The van der Waals surface area contributed by atoms with Crippen molar-refractivity contribution in [3.05, 3.63) is 127 Å². The van der Waals surface area contributed by atoms with Crippen molar-refractivity contribution in [2.24, 2.45) is 0 Å². The molecule has 2 aliphatic rings. The number of hydrogen-bond acceptors (Lipinski definition) is 8. The van der Waals surface area contributed by atoms with Crippen molar-refractivity contribution in [3.8, 4) is 11.5 Å². The zero-order valence-corrected chi connectivity index (χ0v) is 28.9. The molecule has 0 radical (unpaired) electrons. The van der Waals surface area contributed by atoms with Crippen LogP contribution >= 0.6 is 23.2 Å². The second-order valence-electron chi connectivity index (χ2n) is 12.4. The van der Waals surface area contributed by atoms with Crippen molar-refractivity contribution in [1.29, 1.82) is 0 Å². The Morgan fingerprint density at radius 2 is 1.00 bits per heavy atom. The minimum Gasteiger partial charge on any atom is -0.447 e. The monoisotopic (exact) mass is 688 g/mol. The second-order valence-corrected chi connectivity index (χ2v) is 13.3. The molecule has 2 atom stereocenters. The van der Waals surface area contributed by atoms with Crippen molar-refractivity contribution in [1.82, 2.24) is 10.6 Å². The van der Waals surface area contributed by atoms with Crippen molar-refractivity contribution < 1.29 is 28.5 Å². The molecule has 0 saturated heterocycles. The van der Waals surface area contributed by atoms with Gasteiger partial charge in [-0.3, -0.25) is 0 Å². The van der Waals surface area contributed by atoms with E-state index >= 15 is 0 Å². The molecule has 250 valence electrons. The highest BCUT2D eigenvalue weighted by atomic mass is 35.5. The zero-order valence-electron chi connectivity index (χ0n) is 27.4. The van der Waals surface area contributed by atoms with E-state index in [1.807, 2.05) is 39.8 Å². The van der Waals surface area contributed by atoms with E-state index in [0.29, 0.717) is 58.6 Å². The number of halogens is 2. The summed E-state index contributed by atoms with van der Waals surface area (Å²) in [7, 11) is 0. The number of fused-ring (bicyclic) bond motifs is 2. The summed E-state index contributed by atoms with van der Waals surface area (Å²) in [5.74, 6) is -5.20. The summed E-state index contributed by atoms with van der Waals surface area (Å²) < 4.78 is 25.4. The molecule has 0 aromatic heterocycles. The number of hydrogen-bond donors (Lipinski definition) is 2. The highest BCUT2D eigenvalue weighted by Gasteiger charge is 2.48. The van der Waals surface area contributed by atoms with Crippen LogP contribution in [0.5, 0.6) is 11.5 Å². The van der Waals surface area contributed by atoms with E-state index in [9.17, 15) is 9.59 Å². The molecule has 0 fully saturated rings. The molecule has 0 spiro atoms. The van der Waals surface area contributed by atoms with E-state index in [-0.39, 0.29) is 13.1 Å². The van der Waals surface area contributed by atoms with Gasteiger partial charge in [-0.1, -0.05) is 47.5 Å². The molecule has 4 aromatic carbocycles. The Bertz CT molecular complexity index is 1750. The van der Waals surface area contributed by atoms with Gasteiger partial charge >= 0.3 is 11.9 Å². The average Bonchev–Trinajstić information content (AvgIpc) is 3.30. The van der Waals surface area contributed by atoms with Crippen LogP contribution in [0.25, 0.3) is 0 Å². The van der Waals surface area contributed by atoms with E-state index in [1.165, 1.54) is 0 Å². The summed E-state index contributed by atoms with van der Waals surface area (Å²) in [6.45, 7) is 9.36. The van der Waals surface area contributed by atoms with Crippen LogP contribution in [0.4, 0.5) is 0 Å². The quantitative estimate of drug-likeness (QED) is 0.130. The number of carbonyl (C=O) groups excluding carboxylic acids is 2. The predicted molar refractivity (Wildman–Crippen MR) is 185 cm³/mol. The molecule has 0 saturated carbocycles. The van der Waals surface area contributed by atoms with Crippen LogP contribution in [0.15, 0.2) is 72.8 Å². The number of rotatable bonds is 6. The van der Waals surface area contributed by atoms with Gasteiger partial charge in [0.25, 0.3) is 11.6 Å². The summed E-state index contributed by atoms with van der Waals surface area (Å²) in [6, 6.07) is 21.6. The Morgan fingerprint density at radius 1 is 0.604 bits per heavy atom. The van der Waals surface area contributed by atoms with E-state index in [0.717, 1.165) is 33.4 Å². The minimum atomic E-state index is -1.72. The Hall–Kier alpha value is -4.08. The number of carbonyl (C=O) groups is 2. The number of ether oxygens (including phenoxy) is 4. The number of aryl methyl sites for hydroxylation is 4. The van der Waals surface area contributed by atoms with Crippen LogP contribution in [0, 0.1) is 27.7 Å².